The molecular formula is C10H12FNO2. The number of nitrogens with two attached hydrogens (primary N) is 1. The van der Waals surface area contributed by atoms with Gasteiger partial charge in [-0.15, -0.1) is 0 Å². The second-order valence-electron chi connectivity index (χ2n) is 2.94. The maximum absolute atomic E-state index is 12.8. The van der Waals surface area contributed by atoms with Gasteiger partial charge in [0.25, 0.3) is 0 Å². The minimum atomic E-state index is -0.516. The van der Waals surface area contributed by atoms with Gasteiger partial charge in [-0.25, -0.2) is 4.39 Å². The third-order valence-corrected chi connectivity index (χ3v) is 1.89. The summed E-state index contributed by atoms with van der Waals surface area (Å²) in [5, 5.41) is 0. The van der Waals surface area contributed by atoms with Gasteiger partial charge in [-0.05, 0) is 17.7 Å². The van der Waals surface area contributed by atoms with Crippen molar-refractivity contribution in [3.8, 4) is 0 Å². The van der Waals surface area contributed by atoms with Gasteiger partial charge in [0.1, 0.15) is 5.82 Å². The summed E-state index contributed by atoms with van der Waals surface area (Å²) in [6, 6.07) is 5.36. The Kier molecular flexibility index (Phi) is 3.59. The van der Waals surface area contributed by atoms with E-state index in [9.17, 15) is 9.18 Å². The smallest absolute Gasteiger partial charge is 0.307 e. The van der Waals surface area contributed by atoms with Crippen molar-refractivity contribution < 1.29 is 13.9 Å². The first-order valence-electron chi connectivity index (χ1n) is 4.21. The predicted octanol–water partition coefficient (Wildman–Crippen LogP) is 1.39. The molecule has 0 radical (unpaired) electrons. The van der Waals surface area contributed by atoms with Crippen LogP contribution in [-0.2, 0) is 9.53 Å². The second-order valence-corrected chi connectivity index (χ2v) is 2.94. The molecule has 0 saturated heterocycles. The summed E-state index contributed by atoms with van der Waals surface area (Å²) in [5.74, 6) is -0.760. The van der Waals surface area contributed by atoms with Crippen molar-refractivity contribution in [2.75, 3.05) is 7.11 Å². The molecule has 0 spiro atoms. The first-order chi connectivity index (χ1) is 6.63. The molecule has 0 bridgehead atoms. The van der Waals surface area contributed by atoms with E-state index in [0.717, 1.165) is 0 Å². The molecule has 0 fully saturated rings. The van der Waals surface area contributed by atoms with Crippen LogP contribution < -0.4 is 5.73 Å². The van der Waals surface area contributed by atoms with E-state index in [1.54, 1.807) is 12.1 Å². The van der Waals surface area contributed by atoms with Crippen molar-refractivity contribution in [3.05, 3.63) is 35.6 Å². The molecule has 1 aromatic carbocycles. The van der Waals surface area contributed by atoms with E-state index in [1.807, 2.05) is 0 Å². The number of hydrogen-bond donors (Lipinski definition) is 1. The molecular weight excluding hydrogens is 185 g/mol. The third kappa shape index (κ3) is 2.81. The number of esters is 1. The molecule has 0 heterocycles. The van der Waals surface area contributed by atoms with E-state index in [4.69, 9.17) is 5.73 Å². The van der Waals surface area contributed by atoms with Crippen molar-refractivity contribution in [2.45, 2.75) is 12.5 Å². The number of hydrogen-bond acceptors (Lipinski definition) is 3. The molecule has 14 heavy (non-hydrogen) atoms. The van der Waals surface area contributed by atoms with E-state index in [2.05, 4.69) is 4.74 Å². The van der Waals surface area contributed by atoms with Crippen LogP contribution in [0, 0.1) is 5.82 Å². The maximum atomic E-state index is 12.8. The SMILES string of the molecule is COC(=O)C[C@@H](N)c1cccc(F)c1. The van der Waals surface area contributed by atoms with Gasteiger partial charge in [0.2, 0.25) is 0 Å². The molecule has 3 nitrogen and oxygen atoms in total. The van der Waals surface area contributed by atoms with Crippen molar-refractivity contribution in [2.24, 2.45) is 5.73 Å². The number of rotatable bonds is 3. The molecule has 0 aliphatic rings. The molecule has 76 valence electrons. The van der Waals surface area contributed by atoms with Crippen molar-refractivity contribution in [1.82, 2.24) is 0 Å². The Morgan fingerprint density at radius 1 is 1.64 bits per heavy atom. The van der Waals surface area contributed by atoms with Crippen molar-refractivity contribution in [1.29, 1.82) is 0 Å². The lowest BCUT2D eigenvalue weighted by Crippen LogP contribution is -2.16. The quantitative estimate of drug-likeness (QED) is 0.745. The molecule has 0 aliphatic carbocycles. The van der Waals surface area contributed by atoms with Crippen LogP contribution in [0.4, 0.5) is 4.39 Å². The van der Waals surface area contributed by atoms with Crippen LogP contribution in [-0.4, -0.2) is 13.1 Å². The van der Waals surface area contributed by atoms with E-state index < -0.39 is 12.0 Å². The van der Waals surface area contributed by atoms with E-state index >= 15 is 0 Å². The number of ether oxygens (including phenoxy) is 1. The first-order valence-corrected chi connectivity index (χ1v) is 4.21. The molecule has 0 aromatic heterocycles. The number of halogens is 1. The zero-order valence-corrected chi connectivity index (χ0v) is 7.87. The van der Waals surface area contributed by atoms with E-state index in [0.29, 0.717) is 5.56 Å². The van der Waals surface area contributed by atoms with Gasteiger partial charge in [0.05, 0.1) is 13.5 Å². The fourth-order valence-electron chi connectivity index (χ4n) is 1.12. The summed E-state index contributed by atoms with van der Waals surface area (Å²) in [4.78, 5) is 10.9. The van der Waals surface area contributed by atoms with Gasteiger partial charge >= 0.3 is 5.97 Å². The van der Waals surface area contributed by atoms with Crippen LogP contribution in [0.1, 0.15) is 18.0 Å². The maximum Gasteiger partial charge on any atom is 0.307 e. The highest BCUT2D eigenvalue weighted by Gasteiger charge is 2.11. The highest BCUT2D eigenvalue weighted by Crippen LogP contribution is 2.15. The Labute approximate surface area is 81.7 Å². The van der Waals surface area contributed by atoms with Crippen LogP contribution >= 0.6 is 0 Å². The van der Waals surface area contributed by atoms with Crippen molar-refractivity contribution in [3.63, 3.8) is 0 Å². The summed E-state index contributed by atoms with van der Waals surface area (Å²) in [7, 11) is 1.29. The molecule has 0 aliphatic heterocycles. The number of carbonyl (C=O) groups excluding carboxylic acids is 1. The number of carbonyl (C=O) groups is 1. The predicted molar refractivity (Wildman–Crippen MR) is 50.0 cm³/mol. The molecule has 4 heteroatoms. The zero-order valence-electron chi connectivity index (χ0n) is 7.87. The third-order valence-electron chi connectivity index (χ3n) is 1.89. The van der Waals surface area contributed by atoms with Crippen LogP contribution in [0.2, 0.25) is 0 Å². The Balaban J connectivity index is 2.69. The van der Waals surface area contributed by atoms with Gasteiger partial charge in [0, 0.05) is 6.04 Å². The molecule has 1 rings (SSSR count). The standard InChI is InChI=1S/C10H12FNO2/c1-14-10(13)6-9(12)7-3-2-4-8(11)5-7/h2-5,9H,6,12H2,1H3/t9-/m1/s1. The van der Waals surface area contributed by atoms with Gasteiger partial charge in [-0.2, -0.15) is 0 Å². The average molecular weight is 197 g/mol. The summed E-state index contributed by atoms with van der Waals surface area (Å²) >= 11 is 0. The van der Waals surface area contributed by atoms with Crippen LogP contribution in [0.5, 0.6) is 0 Å². The summed E-state index contributed by atoms with van der Waals surface area (Å²) in [6.07, 6.45) is 0.0555. The number of methoxy groups -OCH3 is 1. The van der Waals surface area contributed by atoms with Gasteiger partial charge < -0.3 is 10.5 Å². The van der Waals surface area contributed by atoms with Crippen molar-refractivity contribution >= 4 is 5.97 Å². The highest BCUT2D eigenvalue weighted by atomic mass is 19.1. The lowest BCUT2D eigenvalue weighted by molar-refractivity contribution is -0.141. The zero-order chi connectivity index (χ0) is 10.6. The summed E-state index contributed by atoms with van der Waals surface area (Å²) in [6.45, 7) is 0. The van der Waals surface area contributed by atoms with Gasteiger partial charge in [-0.1, -0.05) is 12.1 Å². The Bertz CT molecular complexity index is 328. The highest BCUT2D eigenvalue weighted by molar-refractivity contribution is 5.70. The lowest BCUT2D eigenvalue weighted by atomic mass is 10.1. The van der Waals surface area contributed by atoms with E-state index in [-0.39, 0.29) is 12.2 Å². The monoisotopic (exact) mass is 197 g/mol. The first kappa shape index (κ1) is 10.7. The lowest BCUT2D eigenvalue weighted by Gasteiger charge is -2.10. The van der Waals surface area contributed by atoms with Gasteiger partial charge in [-0.3, -0.25) is 4.79 Å². The summed E-state index contributed by atoms with van der Waals surface area (Å²) < 4.78 is 17.2. The molecule has 1 atom stereocenters. The van der Waals surface area contributed by atoms with Crippen LogP contribution in [0.3, 0.4) is 0 Å². The van der Waals surface area contributed by atoms with E-state index in [1.165, 1.54) is 19.2 Å². The molecule has 1 aromatic rings. The minimum absolute atomic E-state index is 0.0555. The largest absolute Gasteiger partial charge is 0.469 e. The summed E-state index contributed by atoms with van der Waals surface area (Å²) in [5.41, 5.74) is 6.27. The Hall–Kier alpha value is -1.42. The fourth-order valence-corrected chi connectivity index (χ4v) is 1.12. The van der Waals surface area contributed by atoms with Crippen LogP contribution in [0.15, 0.2) is 24.3 Å². The Morgan fingerprint density at radius 2 is 2.36 bits per heavy atom. The molecule has 2 N–H and O–H groups in total. The average Bonchev–Trinajstić information content (AvgIpc) is 2.17. The second kappa shape index (κ2) is 4.72. The Morgan fingerprint density at radius 3 is 2.93 bits per heavy atom. The van der Waals surface area contributed by atoms with Gasteiger partial charge in [0.15, 0.2) is 0 Å². The normalized spacial score (nSPS) is 12.2. The topological polar surface area (TPSA) is 52.3 Å². The van der Waals surface area contributed by atoms with Crippen LogP contribution in [0.25, 0.3) is 0 Å². The fraction of sp³-hybridized carbons (Fsp3) is 0.300. The number of benzene rings is 1. The molecule has 0 saturated carbocycles. The molecule has 0 amide bonds. The minimum Gasteiger partial charge on any atom is -0.469 e. The molecule has 0 unspecified atom stereocenters.